The summed E-state index contributed by atoms with van der Waals surface area (Å²) in [5.41, 5.74) is 2.72. The van der Waals surface area contributed by atoms with Gasteiger partial charge in [-0.05, 0) is 62.9 Å². The zero-order chi connectivity index (χ0) is 15.6. The zero-order valence-corrected chi connectivity index (χ0v) is 14.1. The van der Waals surface area contributed by atoms with E-state index in [0.29, 0.717) is 5.69 Å². The highest BCUT2D eigenvalue weighted by Gasteiger charge is 2.13. The van der Waals surface area contributed by atoms with Crippen LogP contribution in [0.4, 0.5) is 15.8 Å². The highest BCUT2D eigenvalue weighted by atomic mass is 32.1. The monoisotopic (exact) mass is 306 g/mol. The van der Waals surface area contributed by atoms with Crippen LogP contribution in [0.5, 0.6) is 0 Å². The van der Waals surface area contributed by atoms with Crippen molar-refractivity contribution in [1.82, 2.24) is 0 Å². The number of rotatable bonds is 5. The molecule has 0 bridgehead atoms. The average Bonchev–Trinajstić information content (AvgIpc) is 2.84. The number of halogens is 1. The topological polar surface area (TPSA) is 15.3 Å². The maximum Gasteiger partial charge on any atom is 0.148 e. The van der Waals surface area contributed by atoms with E-state index in [1.165, 1.54) is 10.4 Å². The first-order valence-electron chi connectivity index (χ1n) is 7.23. The Morgan fingerprint density at radius 3 is 2.43 bits per heavy atom. The lowest BCUT2D eigenvalue weighted by atomic mass is 10.1. The van der Waals surface area contributed by atoms with Crippen molar-refractivity contribution < 1.29 is 4.39 Å². The predicted molar refractivity (Wildman–Crippen MR) is 91.0 cm³/mol. The van der Waals surface area contributed by atoms with Crippen molar-refractivity contribution in [2.24, 2.45) is 0 Å². The summed E-state index contributed by atoms with van der Waals surface area (Å²) in [5.74, 6) is -0.189. The molecule has 114 valence electrons. The number of nitrogens with zero attached hydrogens (tertiary/aromatic N) is 1. The molecule has 1 unspecified atom stereocenters. The lowest BCUT2D eigenvalue weighted by Crippen LogP contribution is -2.26. The number of nitrogens with one attached hydrogen (secondary N) is 1. The molecule has 21 heavy (non-hydrogen) atoms. The van der Waals surface area contributed by atoms with Crippen LogP contribution in [0.1, 0.15) is 37.3 Å². The fraction of sp³-hybridized carbons (Fsp3) is 0.412. The summed E-state index contributed by atoms with van der Waals surface area (Å²) < 4.78 is 14.3. The number of anilines is 2. The average molecular weight is 306 g/mol. The molecule has 2 rings (SSSR count). The highest BCUT2D eigenvalue weighted by Crippen LogP contribution is 2.29. The van der Waals surface area contributed by atoms with E-state index >= 15 is 0 Å². The molecular weight excluding hydrogens is 283 g/mol. The van der Waals surface area contributed by atoms with E-state index in [2.05, 4.69) is 30.6 Å². The molecule has 0 fully saturated rings. The predicted octanol–water partition coefficient (Wildman–Crippen LogP) is 5.21. The molecule has 2 nitrogen and oxygen atoms in total. The maximum atomic E-state index is 14.3. The van der Waals surface area contributed by atoms with Crippen molar-refractivity contribution in [3.8, 4) is 0 Å². The number of hydrogen-bond acceptors (Lipinski definition) is 3. The van der Waals surface area contributed by atoms with Gasteiger partial charge < -0.3 is 10.2 Å². The van der Waals surface area contributed by atoms with Crippen molar-refractivity contribution in [1.29, 1.82) is 0 Å². The van der Waals surface area contributed by atoms with Crippen molar-refractivity contribution in [2.75, 3.05) is 17.3 Å². The van der Waals surface area contributed by atoms with Gasteiger partial charge in [-0.15, -0.1) is 11.3 Å². The Morgan fingerprint density at radius 2 is 1.90 bits per heavy atom. The SMILES string of the molecule is Cc1ccsc1C(C)Nc1ccc(N(C)C(C)C)c(F)c1. The van der Waals surface area contributed by atoms with Gasteiger partial charge in [-0.3, -0.25) is 0 Å². The van der Waals surface area contributed by atoms with E-state index in [1.54, 1.807) is 17.4 Å². The standard InChI is InChI=1S/C17H23FN2S/c1-11(2)20(5)16-7-6-14(10-15(16)18)19-13(4)17-12(3)8-9-21-17/h6-11,13,19H,1-5H3. The third kappa shape index (κ3) is 3.56. The summed E-state index contributed by atoms with van der Waals surface area (Å²) in [7, 11) is 1.91. The Bertz CT molecular complexity index is 607. The molecule has 1 atom stereocenters. The van der Waals surface area contributed by atoms with E-state index in [-0.39, 0.29) is 17.9 Å². The van der Waals surface area contributed by atoms with E-state index in [0.717, 1.165) is 5.69 Å². The molecule has 0 aliphatic carbocycles. The summed E-state index contributed by atoms with van der Waals surface area (Å²) in [4.78, 5) is 3.23. The first kappa shape index (κ1) is 15.8. The Morgan fingerprint density at radius 1 is 1.19 bits per heavy atom. The minimum Gasteiger partial charge on any atom is -0.378 e. The second kappa shape index (κ2) is 6.48. The van der Waals surface area contributed by atoms with Crippen LogP contribution < -0.4 is 10.2 Å². The molecule has 0 aliphatic rings. The van der Waals surface area contributed by atoms with Crippen molar-refractivity contribution >= 4 is 22.7 Å². The number of thiophene rings is 1. The number of benzene rings is 1. The van der Waals surface area contributed by atoms with Gasteiger partial charge in [0, 0.05) is 23.7 Å². The van der Waals surface area contributed by atoms with Gasteiger partial charge in [0.05, 0.1) is 11.7 Å². The van der Waals surface area contributed by atoms with Crippen molar-refractivity contribution in [3.05, 3.63) is 45.9 Å². The van der Waals surface area contributed by atoms with Crippen molar-refractivity contribution in [2.45, 2.75) is 39.8 Å². The van der Waals surface area contributed by atoms with E-state index in [4.69, 9.17) is 0 Å². The van der Waals surface area contributed by atoms with Crippen LogP contribution in [0.25, 0.3) is 0 Å². The molecule has 1 aromatic heterocycles. The normalized spacial score (nSPS) is 12.5. The lowest BCUT2D eigenvalue weighted by Gasteiger charge is -2.25. The lowest BCUT2D eigenvalue weighted by molar-refractivity contribution is 0.614. The molecule has 0 spiro atoms. The van der Waals surface area contributed by atoms with Gasteiger partial charge in [-0.2, -0.15) is 0 Å². The largest absolute Gasteiger partial charge is 0.378 e. The molecule has 0 saturated heterocycles. The van der Waals surface area contributed by atoms with Crippen LogP contribution in [-0.4, -0.2) is 13.1 Å². The Balaban J connectivity index is 2.15. The molecule has 2 aromatic rings. The Labute approximate surface area is 130 Å². The van der Waals surface area contributed by atoms with Crippen LogP contribution >= 0.6 is 11.3 Å². The van der Waals surface area contributed by atoms with Gasteiger partial charge in [0.1, 0.15) is 5.82 Å². The third-order valence-electron chi connectivity index (χ3n) is 3.78. The maximum absolute atomic E-state index is 14.3. The molecule has 1 aromatic carbocycles. The van der Waals surface area contributed by atoms with Crippen LogP contribution in [-0.2, 0) is 0 Å². The molecule has 0 saturated carbocycles. The highest BCUT2D eigenvalue weighted by molar-refractivity contribution is 7.10. The van der Waals surface area contributed by atoms with E-state index < -0.39 is 0 Å². The third-order valence-corrected chi connectivity index (χ3v) is 4.98. The van der Waals surface area contributed by atoms with Crippen molar-refractivity contribution in [3.63, 3.8) is 0 Å². The molecule has 0 radical (unpaired) electrons. The smallest absolute Gasteiger partial charge is 0.148 e. The summed E-state index contributed by atoms with van der Waals surface area (Å²) in [6.07, 6.45) is 0. The fourth-order valence-electron chi connectivity index (χ4n) is 2.30. The minimum absolute atomic E-state index is 0.179. The molecule has 4 heteroatoms. The van der Waals surface area contributed by atoms with Crippen LogP contribution in [0.3, 0.4) is 0 Å². The second-order valence-electron chi connectivity index (χ2n) is 5.70. The number of hydrogen-bond donors (Lipinski definition) is 1. The Hall–Kier alpha value is -1.55. The Kier molecular flexibility index (Phi) is 4.88. The molecular formula is C17H23FN2S. The van der Waals surface area contributed by atoms with Gasteiger partial charge >= 0.3 is 0 Å². The van der Waals surface area contributed by atoms with Gasteiger partial charge in [0.15, 0.2) is 0 Å². The first-order valence-corrected chi connectivity index (χ1v) is 8.11. The molecule has 0 amide bonds. The summed E-state index contributed by atoms with van der Waals surface area (Å²) in [6, 6.07) is 7.92. The van der Waals surface area contributed by atoms with Gasteiger partial charge in [0.25, 0.3) is 0 Å². The molecule has 0 aliphatic heterocycles. The van der Waals surface area contributed by atoms with Gasteiger partial charge in [-0.1, -0.05) is 0 Å². The first-order chi connectivity index (χ1) is 9.90. The quantitative estimate of drug-likeness (QED) is 0.815. The number of aryl methyl sites for hydroxylation is 1. The van der Waals surface area contributed by atoms with Crippen LogP contribution in [0.2, 0.25) is 0 Å². The molecule has 1 heterocycles. The minimum atomic E-state index is -0.189. The van der Waals surface area contributed by atoms with Gasteiger partial charge in [-0.25, -0.2) is 4.39 Å². The summed E-state index contributed by atoms with van der Waals surface area (Å²) >= 11 is 1.73. The summed E-state index contributed by atoms with van der Waals surface area (Å²) in [6.45, 7) is 8.30. The van der Waals surface area contributed by atoms with Crippen LogP contribution in [0, 0.1) is 12.7 Å². The van der Waals surface area contributed by atoms with Gasteiger partial charge in [0.2, 0.25) is 0 Å². The fourth-order valence-corrected chi connectivity index (χ4v) is 3.24. The summed E-state index contributed by atoms with van der Waals surface area (Å²) in [5, 5.41) is 5.46. The van der Waals surface area contributed by atoms with Crippen LogP contribution in [0.15, 0.2) is 29.6 Å². The van der Waals surface area contributed by atoms with E-state index in [1.807, 2.05) is 37.9 Å². The van der Waals surface area contributed by atoms with E-state index in [9.17, 15) is 4.39 Å². The second-order valence-corrected chi connectivity index (χ2v) is 6.65. The zero-order valence-electron chi connectivity index (χ0n) is 13.3. The molecule has 1 N–H and O–H groups in total.